The van der Waals surface area contributed by atoms with Crippen molar-refractivity contribution < 1.29 is 4.79 Å². The van der Waals surface area contributed by atoms with Gasteiger partial charge in [0.1, 0.15) is 0 Å². The largest absolute Gasteiger partial charge is 0.348 e. The van der Waals surface area contributed by atoms with Crippen LogP contribution in [0.4, 0.5) is 0 Å². The molecule has 6 heteroatoms. The Kier molecular flexibility index (Phi) is 4.18. The molecule has 1 aromatic carbocycles. The predicted molar refractivity (Wildman–Crippen MR) is 98.3 cm³/mol. The number of thiophene rings is 1. The lowest BCUT2D eigenvalue weighted by molar-refractivity contribution is 0.0951. The fraction of sp³-hybridized carbons (Fsp3) is 0.0526. The molecule has 0 fully saturated rings. The van der Waals surface area contributed by atoms with Crippen LogP contribution in [0.1, 0.15) is 15.9 Å². The number of fused-ring (bicyclic) bond motifs is 1. The second kappa shape index (κ2) is 6.78. The molecule has 1 amide bonds. The first-order chi connectivity index (χ1) is 12.3. The van der Waals surface area contributed by atoms with E-state index in [0.717, 1.165) is 21.5 Å². The summed E-state index contributed by atoms with van der Waals surface area (Å²) in [6.45, 7) is 0.420. The zero-order valence-electron chi connectivity index (χ0n) is 13.2. The van der Waals surface area contributed by atoms with Crippen LogP contribution in [0, 0.1) is 0 Å². The molecule has 0 atom stereocenters. The standard InChI is InChI=1S/C19H14N4OS/c24-19(14-3-4-16-17(9-14)22-6-5-21-16)23-11-13-8-15(12-20-10-13)18-2-1-7-25-18/h1-10,12H,11H2,(H,23,24). The van der Waals surface area contributed by atoms with Crippen LogP contribution in [0.15, 0.2) is 66.6 Å². The van der Waals surface area contributed by atoms with Crippen LogP contribution in [0.5, 0.6) is 0 Å². The molecule has 0 bridgehead atoms. The van der Waals surface area contributed by atoms with Gasteiger partial charge < -0.3 is 5.32 Å². The molecule has 25 heavy (non-hydrogen) atoms. The van der Waals surface area contributed by atoms with E-state index >= 15 is 0 Å². The van der Waals surface area contributed by atoms with E-state index in [1.807, 2.05) is 23.7 Å². The third kappa shape index (κ3) is 3.39. The molecule has 0 unspecified atom stereocenters. The molecule has 0 saturated heterocycles. The molecular weight excluding hydrogens is 332 g/mol. The molecule has 122 valence electrons. The van der Waals surface area contributed by atoms with Crippen LogP contribution in [0.3, 0.4) is 0 Å². The predicted octanol–water partition coefficient (Wildman–Crippen LogP) is 3.68. The van der Waals surface area contributed by atoms with Gasteiger partial charge in [-0.3, -0.25) is 19.7 Å². The van der Waals surface area contributed by atoms with Gasteiger partial charge in [-0.25, -0.2) is 0 Å². The van der Waals surface area contributed by atoms with E-state index in [1.54, 1.807) is 48.1 Å². The average Bonchev–Trinajstić information content (AvgIpc) is 3.21. The number of pyridine rings is 1. The Hall–Kier alpha value is -3.12. The number of hydrogen-bond acceptors (Lipinski definition) is 5. The number of nitrogens with one attached hydrogen (secondary N) is 1. The van der Waals surface area contributed by atoms with Gasteiger partial charge in [-0.15, -0.1) is 11.3 Å². The van der Waals surface area contributed by atoms with E-state index < -0.39 is 0 Å². The van der Waals surface area contributed by atoms with Crippen molar-refractivity contribution in [2.75, 3.05) is 0 Å². The maximum Gasteiger partial charge on any atom is 0.251 e. The SMILES string of the molecule is O=C(NCc1cncc(-c2cccs2)c1)c1ccc2nccnc2c1. The zero-order chi connectivity index (χ0) is 17.1. The Morgan fingerprint density at radius 3 is 2.76 bits per heavy atom. The van der Waals surface area contributed by atoms with Gasteiger partial charge in [0.15, 0.2) is 0 Å². The minimum atomic E-state index is -0.144. The van der Waals surface area contributed by atoms with Crippen LogP contribution in [-0.4, -0.2) is 20.9 Å². The van der Waals surface area contributed by atoms with Crippen LogP contribution < -0.4 is 5.32 Å². The van der Waals surface area contributed by atoms with Gasteiger partial charge >= 0.3 is 0 Å². The average molecular weight is 346 g/mol. The number of rotatable bonds is 4. The molecule has 0 saturated carbocycles. The van der Waals surface area contributed by atoms with Crippen molar-refractivity contribution in [3.63, 3.8) is 0 Å². The number of aromatic nitrogens is 3. The lowest BCUT2D eigenvalue weighted by Crippen LogP contribution is -2.22. The summed E-state index contributed by atoms with van der Waals surface area (Å²) in [4.78, 5) is 26.3. The van der Waals surface area contributed by atoms with Crippen molar-refractivity contribution in [2.45, 2.75) is 6.54 Å². The second-order valence-electron chi connectivity index (χ2n) is 5.50. The van der Waals surface area contributed by atoms with Crippen molar-refractivity contribution in [3.05, 3.63) is 77.7 Å². The van der Waals surface area contributed by atoms with Crippen LogP contribution in [0.2, 0.25) is 0 Å². The summed E-state index contributed by atoms with van der Waals surface area (Å²) in [5.74, 6) is -0.144. The number of benzene rings is 1. The van der Waals surface area contributed by atoms with Crippen molar-refractivity contribution in [3.8, 4) is 10.4 Å². The van der Waals surface area contributed by atoms with Crippen LogP contribution >= 0.6 is 11.3 Å². The molecule has 3 aromatic heterocycles. The first-order valence-electron chi connectivity index (χ1n) is 7.76. The molecule has 3 heterocycles. The maximum absolute atomic E-state index is 12.4. The van der Waals surface area contributed by atoms with E-state index in [2.05, 4.69) is 26.3 Å². The van der Waals surface area contributed by atoms with Gasteiger partial charge in [0, 0.05) is 47.3 Å². The van der Waals surface area contributed by atoms with Crippen LogP contribution in [-0.2, 0) is 6.54 Å². The van der Waals surface area contributed by atoms with Crippen molar-refractivity contribution >= 4 is 28.3 Å². The quantitative estimate of drug-likeness (QED) is 0.612. The highest BCUT2D eigenvalue weighted by Crippen LogP contribution is 2.24. The number of carbonyl (C=O) groups is 1. The van der Waals surface area contributed by atoms with Gasteiger partial charge in [0.2, 0.25) is 0 Å². The minimum Gasteiger partial charge on any atom is -0.348 e. The van der Waals surface area contributed by atoms with Crippen molar-refractivity contribution in [1.29, 1.82) is 0 Å². The van der Waals surface area contributed by atoms with Gasteiger partial charge in [0.25, 0.3) is 5.91 Å². The molecule has 5 nitrogen and oxygen atoms in total. The molecule has 0 aliphatic rings. The van der Waals surface area contributed by atoms with Crippen molar-refractivity contribution in [1.82, 2.24) is 20.3 Å². The van der Waals surface area contributed by atoms with E-state index in [4.69, 9.17) is 0 Å². The monoisotopic (exact) mass is 346 g/mol. The van der Waals surface area contributed by atoms with Crippen LogP contribution in [0.25, 0.3) is 21.5 Å². The summed E-state index contributed by atoms with van der Waals surface area (Å²) in [6.07, 6.45) is 6.85. The molecule has 4 rings (SSSR count). The fourth-order valence-corrected chi connectivity index (χ4v) is 3.26. The summed E-state index contributed by atoms with van der Waals surface area (Å²) < 4.78 is 0. The Morgan fingerprint density at radius 1 is 1.04 bits per heavy atom. The Morgan fingerprint density at radius 2 is 1.92 bits per heavy atom. The highest BCUT2D eigenvalue weighted by Gasteiger charge is 2.08. The number of carbonyl (C=O) groups excluding carboxylic acids is 1. The summed E-state index contributed by atoms with van der Waals surface area (Å²) >= 11 is 1.67. The molecule has 0 radical (unpaired) electrons. The number of amides is 1. The lowest BCUT2D eigenvalue weighted by Gasteiger charge is -2.07. The molecule has 4 aromatic rings. The molecule has 0 aliphatic heterocycles. The molecule has 1 N–H and O–H groups in total. The lowest BCUT2D eigenvalue weighted by atomic mass is 10.1. The number of hydrogen-bond donors (Lipinski definition) is 1. The summed E-state index contributed by atoms with van der Waals surface area (Å²) in [5, 5.41) is 4.96. The Balaban J connectivity index is 1.48. The Labute approximate surface area is 148 Å². The molecule has 0 aliphatic carbocycles. The summed E-state index contributed by atoms with van der Waals surface area (Å²) in [7, 11) is 0. The van der Waals surface area contributed by atoms with E-state index in [1.165, 1.54) is 0 Å². The smallest absolute Gasteiger partial charge is 0.251 e. The first-order valence-corrected chi connectivity index (χ1v) is 8.64. The van der Waals surface area contributed by atoms with Gasteiger partial charge in [0.05, 0.1) is 11.0 Å². The summed E-state index contributed by atoms with van der Waals surface area (Å²) in [6, 6.07) is 11.4. The van der Waals surface area contributed by atoms with E-state index in [0.29, 0.717) is 17.6 Å². The molecule has 0 spiro atoms. The highest BCUT2D eigenvalue weighted by atomic mass is 32.1. The summed E-state index contributed by atoms with van der Waals surface area (Å²) in [5.41, 5.74) is 4.06. The van der Waals surface area contributed by atoms with Gasteiger partial charge in [-0.1, -0.05) is 6.07 Å². The third-order valence-corrected chi connectivity index (χ3v) is 4.70. The fourth-order valence-electron chi connectivity index (χ4n) is 2.55. The van der Waals surface area contributed by atoms with Crippen molar-refractivity contribution in [2.24, 2.45) is 0 Å². The van der Waals surface area contributed by atoms with Gasteiger partial charge in [-0.2, -0.15) is 0 Å². The third-order valence-electron chi connectivity index (χ3n) is 3.79. The number of nitrogens with zero attached hydrogens (tertiary/aromatic N) is 3. The highest BCUT2D eigenvalue weighted by molar-refractivity contribution is 7.13. The topological polar surface area (TPSA) is 67.8 Å². The molecular formula is C19H14N4OS. The van der Waals surface area contributed by atoms with E-state index in [-0.39, 0.29) is 5.91 Å². The zero-order valence-corrected chi connectivity index (χ0v) is 14.0. The van der Waals surface area contributed by atoms with Gasteiger partial charge in [-0.05, 0) is 41.3 Å². The van der Waals surface area contributed by atoms with E-state index in [9.17, 15) is 4.79 Å². The minimum absolute atomic E-state index is 0.144. The second-order valence-corrected chi connectivity index (χ2v) is 6.45. The Bertz CT molecular complexity index is 1030. The first kappa shape index (κ1) is 15.4. The normalized spacial score (nSPS) is 10.7. The maximum atomic E-state index is 12.4.